The van der Waals surface area contributed by atoms with Gasteiger partial charge in [0.1, 0.15) is 0 Å². The zero-order valence-corrected chi connectivity index (χ0v) is 16.7. The predicted octanol–water partition coefficient (Wildman–Crippen LogP) is 3.11. The highest BCUT2D eigenvalue weighted by Crippen LogP contribution is 2.42. The molecule has 2 heterocycles. The van der Waals surface area contributed by atoms with Crippen molar-refractivity contribution in [3.63, 3.8) is 0 Å². The van der Waals surface area contributed by atoms with Crippen LogP contribution in [-0.4, -0.2) is 31.8 Å². The largest absolute Gasteiger partial charge is 0.345 e. The van der Waals surface area contributed by atoms with Crippen molar-refractivity contribution in [2.45, 2.75) is 30.2 Å². The average Bonchev–Trinajstić information content (AvgIpc) is 3.03. The lowest BCUT2D eigenvalue weighted by Gasteiger charge is -2.26. The maximum Gasteiger partial charge on any atom is 0.257 e. The van der Waals surface area contributed by atoms with Crippen LogP contribution in [0.4, 0.5) is 5.69 Å². The van der Waals surface area contributed by atoms with Crippen molar-refractivity contribution in [2.75, 3.05) is 17.2 Å². The summed E-state index contributed by atoms with van der Waals surface area (Å²) < 4.78 is 27.4. The van der Waals surface area contributed by atoms with Crippen LogP contribution in [0.1, 0.15) is 40.4 Å². The van der Waals surface area contributed by atoms with Crippen molar-refractivity contribution in [1.82, 2.24) is 5.32 Å². The zero-order valence-electron chi connectivity index (χ0n) is 15.1. The molecule has 0 bridgehead atoms. The standard InChI is InChI=1S/C20H19N3O3S2/c24-19(21-16-7-3-5-13-4-1-2-6-15(13)16)14-8-9-17-18(12-14)27-20-22-28(25,26)11-10-23(17)20/h1-2,4,6,8-9,12,16H,3,5,7,10-11H2,(H,21,24)/t16-/m1/s1. The van der Waals surface area contributed by atoms with E-state index < -0.39 is 10.0 Å². The minimum absolute atomic E-state index is 0.0137. The number of carbonyl (C=O) groups excluding carboxylic acids is 1. The average molecular weight is 414 g/mol. The molecule has 3 aliphatic rings. The molecule has 0 saturated carbocycles. The van der Waals surface area contributed by atoms with Gasteiger partial charge in [-0.15, -0.1) is 4.40 Å². The molecule has 144 valence electrons. The third kappa shape index (κ3) is 3.10. The number of fused-ring (bicyclic) bond motifs is 4. The second kappa shape index (κ2) is 6.63. The summed E-state index contributed by atoms with van der Waals surface area (Å²) in [6, 6.07) is 13.8. The summed E-state index contributed by atoms with van der Waals surface area (Å²) in [4.78, 5) is 15.7. The van der Waals surface area contributed by atoms with Crippen LogP contribution >= 0.6 is 11.8 Å². The molecule has 0 fully saturated rings. The monoisotopic (exact) mass is 413 g/mol. The van der Waals surface area contributed by atoms with E-state index in [4.69, 9.17) is 0 Å². The molecule has 1 N–H and O–H groups in total. The lowest BCUT2D eigenvalue weighted by atomic mass is 9.87. The van der Waals surface area contributed by atoms with Gasteiger partial charge < -0.3 is 10.2 Å². The van der Waals surface area contributed by atoms with E-state index in [1.165, 1.54) is 22.9 Å². The zero-order chi connectivity index (χ0) is 19.3. The summed E-state index contributed by atoms with van der Waals surface area (Å²) in [6.45, 7) is 0.394. The molecule has 28 heavy (non-hydrogen) atoms. The van der Waals surface area contributed by atoms with Gasteiger partial charge in [0.2, 0.25) is 0 Å². The van der Waals surface area contributed by atoms with Gasteiger partial charge in [0.25, 0.3) is 15.9 Å². The first-order valence-corrected chi connectivity index (χ1v) is 11.7. The van der Waals surface area contributed by atoms with E-state index in [1.807, 2.05) is 29.2 Å². The number of benzene rings is 2. The number of aryl methyl sites for hydroxylation is 1. The van der Waals surface area contributed by atoms with E-state index in [-0.39, 0.29) is 17.7 Å². The van der Waals surface area contributed by atoms with E-state index >= 15 is 0 Å². The molecular formula is C20H19N3O3S2. The van der Waals surface area contributed by atoms with Crippen molar-refractivity contribution < 1.29 is 13.2 Å². The van der Waals surface area contributed by atoms with Crippen LogP contribution in [0.2, 0.25) is 0 Å². The third-order valence-electron chi connectivity index (χ3n) is 5.41. The number of sulfonamides is 1. The third-order valence-corrected chi connectivity index (χ3v) is 7.72. The van der Waals surface area contributed by atoms with Gasteiger partial charge in [-0.05, 0) is 60.4 Å². The molecule has 8 heteroatoms. The van der Waals surface area contributed by atoms with Crippen molar-refractivity contribution in [3.05, 3.63) is 59.2 Å². The van der Waals surface area contributed by atoms with E-state index in [0.717, 1.165) is 29.8 Å². The number of hydrogen-bond acceptors (Lipinski definition) is 5. The fourth-order valence-electron chi connectivity index (χ4n) is 4.02. The molecule has 0 unspecified atom stereocenters. The van der Waals surface area contributed by atoms with E-state index in [0.29, 0.717) is 17.3 Å². The molecule has 1 amide bonds. The molecule has 0 aromatic heterocycles. The molecule has 2 aliphatic heterocycles. The van der Waals surface area contributed by atoms with Crippen LogP contribution in [0.5, 0.6) is 0 Å². The minimum atomic E-state index is -3.38. The Morgan fingerprint density at radius 3 is 2.96 bits per heavy atom. The van der Waals surface area contributed by atoms with Crippen LogP contribution in [0.3, 0.4) is 0 Å². The van der Waals surface area contributed by atoms with Crippen LogP contribution in [0, 0.1) is 0 Å². The number of anilines is 1. The summed E-state index contributed by atoms with van der Waals surface area (Å²) in [6.07, 6.45) is 3.05. The number of thioether (sulfide) groups is 1. The molecule has 0 saturated heterocycles. The van der Waals surface area contributed by atoms with E-state index in [9.17, 15) is 13.2 Å². The summed E-state index contributed by atoms with van der Waals surface area (Å²) in [5.74, 6) is -0.0932. The Morgan fingerprint density at radius 1 is 1.21 bits per heavy atom. The van der Waals surface area contributed by atoms with Gasteiger partial charge >= 0.3 is 0 Å². The van der Waals surface area contributed by atoms with Gasteiger partial charge in [-0.25, -0.2) is 8.42 Å². The first-order valence-electron chi connectivity index (χ1n) is 9.31. The van der Waals surface area contributed by atoms with Gasteiger partial charge in [0, 0.05) is 17.0 Å². The topological polar surface area (TPSA) is 78.8 Å². The first-order chi connectivity index (χ1) is 13.5. The number of hydrogen-bond donors (Lipinski definition) is 1. The maximum absolute atomic E-state index is 12.9. The van der Waals surface area contributed by atoms with Crippen LogP contribution < -0.4 is 10.2 Å². The number of amidine groups is 1. The van der Waals surface area contributed by atoms with Gasteiger partial charge in [-0.2, -0.15) is 0 Å². The smallest absolute Gasteiger partial charge is 0.257 e. The quantitative estimate of drug-likeness (QED) is 0.818. The Morgan fingerprint density at radius 2 is 2.07 bits per heavy atom. The molecule has 2 aromatic carbocycles. The highest BCUT2D eigenvalue weighted by molar-refractivity contribution is 8.15. The van der Waals surface area contributed by atoms with Crippen molar-refractivity contribution in [1.29, 1.82) is 0 Å². The first kappa shape index (κ1) is 17.8. The molecule has 2 aromatic rings. The molecule has 1 atom stereocenters. The van der Waals surface area contributed by atoms with Crippen molar-refractivity contribution >= 4 is 38.5 Å². The molecule has 6 nitrogen and oxygen atoms in total. The van der Waals surface area contributed by atoms with Crippen molar-refractivity contribution in [3.8, 4) is 0 Å². The molecule has 0 spiro atoms. The minimum Gasteiger partial charge on any atom is -0.345 e. The maximum atomic E-state index is 12.9. The number of rotatable bonds is 2. The Hall–Kier alpha value is -2.32. The van der Waals surface area contributed by atoms with Crippen LogP contribution in [0.15, 0.2) is 51.8 Å². The lowest BCUT2D eigenvalue weighted by molar-refractivity contribution is 0.0932. The van der Waals surface area contributed by atoms with Gasteiger partial charge in [0.05, 0.1) is 17.5 Å². The summed E-state index contributed by atoms with van der Waals surface area (Å²) >= 11 is 1.31. The number of nitrogens with zero attached hydrogens (tertiary/aromatic N) is 2. The Labute approximate surface area is 168 Å². The highest BCUT2D eigenvalue weighted by Gasteiger charge is 2.33. The Kier molecular flexibility index (Phi) is 4.21. The lowest BCUT2D eigenvalue weighted by Crippen LogP contribution is -2.35. The van der Waals surface area contributed by atoms with Gasteiger partial charge in [0.15, 0.2) is 5.17 Å². The van der Waals surface area contributed by atoms with Crippen LogP contribution in [-0.2, 0) is 16.4 Å². The SMILES string of the molecule is O=C(N[C@@H]1CCCc2ccccc21)c1ccc2c(c1)SC1=NS(=O)(=O)CCN12. The summed E-state index contributed by atoms with van der Waals surface area (Å²) in [5.41, 5.74) is 4.00. The fourth-order valence-corrected chi connectivity index (χ4v) is 6.31. The van der Waals surface area contributed by atoms with Gasteiger partial charge in [-0.3, -0.25) is 4.79 Å². The van der Waals surface area contributed by atoms with Crippen LogP contribution in [0.25, 0.3) is 0 Å². The van der Waals surface area contributed by atoms with Gasteiger partial charge in [-0.1, -0.05) is 24.3 Å². The number of nitrogens with one attached hydrogen (secondary N) is 1. The Balaban J connectivity index is 1.39. The molecule has 5 rings (SSSR count). The fraction of sp³-hybridized carbons (Fsp3) is 0.300. The summed E-state index contributed by atoms with van der Waals surface area (Å²) in [5, 5.41) is 3.64. The van der Waals surface area contributed by atoms with E-state index in [2.05, 4.69) is 21.8 Å². The summed E-state index contributed by atoms with van der Waals surface area (Å²) in [7, 11) is -3.38. The highest BCUT2D eigenvalue weighted by atomic mass is 32.2. The second-order valence-corrected chi connectivity index (χ2v) is 9.98. The predicted molar refractivity (Wildman–Crippen MR) is 110 cm³/mol. The van der Waals surface area contributed by atoms with E-state index in [1.54, 1.807) is 6.07 Å². The van der Waals surface area contributed by atoms with Crippen molar-refractivity contribution in [2.24, 2.45) is 4.40 Å². The number of carbonyl (C=O) groups is 1. The number of amides is 1. The second-order valence-electron chi connectivity index (χ2n) is 7.21. The Bertz CT molecular complexity index is 1110. The molecule has 0 radical (unpaired) electrons. The molecular weight excluding hydrogens is 394 g/mol. The molecule has 1 aliphatic carbocycles. The normalized spacial score (nSPS) is 21.9.